The summed E-state index contributed by atoms with van der Waals surface area (Å²) in [6, 6.07) is 0. The summed E-state index contributed by atoms with van der Waals surface area (Å²) in [5.74, 6) is -0.470. The lowest BCUT2D eigenvalue weighted by Gasteiger charge is -2.06. The van der Waals surface area contributed by atoms with Crippen molar-refractivity contribution in [3.63, 3.8) is 0 Å². The SMILES string of the molecule is COC(=O)c1nc(CCC2CCCO2)sc1N. The minimum Gasteiger partial charge on any atom is -0.464 e. The Hall–Kier alpha value is -1.14. The number of hydrogen-bond acceptors (Lipinski definition) is 6. The number of anilines is 1. The molecule has 0 aromatic carbocycles. The Kier molecular flexibility index (Phi) is 3.96. The van der Waals surface area contributed by atoms with Gasteiger partial charge >= 0.3 is 5.97 Å². The van der Waals surface area contributed by atoms with Gasteiger partial charge in [-0.3, -0.25) is 0 Å². The molecule has 1 aromatic heterocycles. The molecule has 0 saturated carbocycles. The number of methoxy groups -OCH3 is 1. The average Bonchev–Trinajstić information content (AvgIpc) is 2.94. The van der Waals surface area contributed by atoms with Crippen LogP contribution in [0, 0.1) is 0 Å². The molecule has 0 aliphatic carbocycles. The molecule has 1 unspecified atom stereocenters. The monoisotopic (exact) mass is 256 g/mol. The molecule has 1 aliphatic rings. The van der Waals surface area contributed by atoms with Crippen molar-refractivity contribution in [3.8, 4) is 0 Å². The standard InChI is InChI=1S/C11H16N2O3S/c1-15-11(14)9-10(12)17-8(13-9)5-4-7-3-2-6-16-7/h7H,2-6,12H2,1H3. The van der Waals surface area contributed by atoms with E-state index in [1.807, 2.05) is 0 Å². The smallest absolute Gasteiger partial charge is 0.359 e. The second kappa shape index (κ2) is 5.46. The summed E-state index contributed by atoms with van der Waals surface area (Å²) in [7, 11) is 1.33. The third-order valence-corrected chi connectivity index (χ3v) is 3.72. The van der Waals surface area contributed by atoms with Crippen LogP contribution in [0.1, 0.15) is 34.8 Å². The molecule has 2 N–H and O–H groups in total. The first kappa shape index (κ1) is 12.3. The van der Waals surface area contributed by atoms with E-state index >= 15 is 0 Å². The maximum atomic E-state index is 11.3. The lowest BCUT2D eigenvalue weighted by Crippen LogP contribution is -2.07. The Morgan fingerprint density at radius 2 is 2.53 bits per heavy atom. The van der Waals surface area contributed by atoms with Gasteiger partial charge in [0.1, 0.15) is 5.00 Å². The average molecular weight is 256 g/mol. The summed E-state index contributed by atoms with van der Waals surface area (Å²) >= 11 is 1.35. The number of aromatic nitrogens is 1. The number of hydrogen-bond donors (Lipinski definition) is 1. The first-order valence-electron chi connectivity index (χ1n) is 5.66. The summed E-state index contributed by atoms with van der Waals surface area (Å²) in [6.45, 7) is 0.859. The van der Waals surface area contributed by atoms with Crippen LogP contribution in [0.4, 0.5) is 5.00 Å². The maximum absolute atomic E-state index is 11.3. The van der Waals surface area contributed by atoms with Crippen LogP contribution in [0.3, 0.4) is 0 Å². The van der Waals surface area contributed by atoms with Crippen molar-refractivity contribution in [1.82, 2.24) is 4.98 Å². The molecule has 17 heavy (non-hydrogen) atoms. The van der Waals surface area contributed by atoms with Gasteiger partial charge < -0.3 is 15.2 Å². The second-order valence-corrected chi connectivity index (χ2v) is 5.10. The molecule has 0 amide bonds. The molecule has 5 nitrogen and oxygen atoms in total. The molecule has 1 fully saturated rings. The number of nitrogens with two attached hydrogens (primary N) is 1. The molecule has 1 aliphatic heterocycles. The van der Waals surface area contributed by atoms with Gasteiger partial charge in [-0.1, -0.05) is 0 Å². The Morgan fingerprint density at radius 3 is 3.18 bits per heavy atom. The lowest BCUT2D eigenvalue weighted by molar-refractivity contribution is 0.0596. The summed E-state index contributed by atoms with van der Waals surface area (Å²) < 4.78 is 10.1. The maximum Gasteiger partial charge on any atom is 0.359 e. The molecule has 1 atom stereocenters. The lowest BCUT2D eigenvalue weighted by atomic mass is 10.1. The van der Waals surface area contributed by atoms with Gasteiger partial charge in [-0.25, -0.2) is 9.78 Å². The van der Waals surface area contributed by atoms with Gasteiger partial charge in [-0.15, -0.1) is 11.3 Å². The van der Waals surface area contributed by atoms with Crippen molar-refractivity contribution in [2.75, 3.05) is 19.5 Å². The second-order valence-electron chi connectivity index (χ2n) is 3.99. The molecule has 94 valence electrons. The summed E-state index contributed by atoms with van der Waals surface area (Å²) in [4.78, 5) is 15.5. The molecule has 6 heteroatoms. The Labute approximate surface area is 104 Å². The third kappa shape index (κ3) is 2.95. The van der Waals surface area contributed by atoms with Gasteiger partial charge in [0.15, 0.2) is 5.69 Å². The number of rotatable bonds is 4. The van der Waals surface area contributed by atoms with E-state index in [0.29, 0.717) is 11.1 Å². The molecule has 0 spiro atoms. The quantitative estimate of drug-likeness (QED) is 0.829. The van der Waals surface area contributed by atoms with E-state index in [2.05, 4.69) is 9.72 Å². The van der Waals surface area contributed by atoms with Gasteiger partial charge in [-0.05, 0) is 19.3 Å². The number of nitrogen functional groups attached to an aromatic ring is 1. The first-order valence-corrected chi connectivity index (χ1v) is 6.47. The highest BCUT2D eigenvalue weighted by Gasteiger charge is 2.19. The fraction of sp³-hybridized carbons (Fsp3) is 0.636. The van der Waals surface area contributed by atoms with Crippen molar-refractivity contribution in [2.45, 2.75) is 31.8 Å². The molecule has 0 bridgehead atoms. The highest BCUT2D eigenvalue weighted by Crippen LogP contribution is 2.25. The van der Waals surface area contributed by atoms with Crippen LogP contribution < -0.4 is 5.73 Å². The van der Waals surface area contributed by atoms with Crippen LogP contribution in [0.15, 0.2) is 0 Å². The molecule has 2 heterocycles. The van der Waals surface area contributed by atoms with Crippen LogP contribution in [-0.2, 0) is 15.9 Å². The topological polar surface area (TPSA) is 74.4 Å². The van der Waals surface area contributed by atoms with Crippen LogP contribution in [0.5, 0.6) is 0 Å². The normalized spacial score (nSPS) is 19.5. The van der Waals surface area contributed by atoms with Gasteiger partial charge in [0, 0.05) is 13.0 Å². The van der Waals surface area contributed by atoms with Crippen molar-refractivity contribution in [1.29, 1.82) is 0 Å². The van der Waals surface area contributed by atoms with Crippen molar-refractivity contribution in [3.05, 3.63) is 10.7 Å². The number of carbonyl (C=O) groups excluding carboxylic acids is 1. The molecular formula is C11H16N2O3S. The van der Waals surface area contributed by atoms with Crippen LogP contribution in [0.2, 0.25) is 0 Å². The Morgan fingerprint density at radius 1 is 1.71 bits per heavy atom. The molecule has 1 saturated heterocycles. The molecule has 2 rings (SSSR count). The van der Waals surface area contributed by atoms with Crippen molar-refractivity contribution in [2.24, 2.45) is 0 Å². The zero-order valence-electron chi connectivity index (χ0n) is 9.77. The minimum absolute atomic E-state index is 0.236. The van der Waals surface area contributed by atoms with Crippen LogP contribution in [0.25, 0.3) is 0 Å². The largest absolute Gasteiger partial charge is 0.464 e. The van der Waals surface area contributed by atoms with E-state index in [9.17, 15) is 4.79 Å². The van der Waals surface area contributed by atoms with Gasteiger partial charge in [-0.2, -0.15) is 0 Å². The summed E-state index contributed by atoms with van der Waals surface area (Å²) in [5.41, 5.74) is 5.96. The van der Waals surface area contributed by atoms with Gasteiger partial charge in [0.05, 0.1) is 18.2 Å². The predicted molar refractivity (Wildman–Crippen MR) is 65.2 cm³/mol. The number of aryl methyl sites for hydroxylation is 1. The fourth-order valence-electron chi connectivity index (χ4n) is 1.88. The van der Waals surface area contributed by atoms with Crippen LogP contribution in [-0.4, -0.2) is 30.8 Å². The highest BCUT2D eigenvalue weighted by atomic mass is 32.1. The molecule has 1 aromatic rings. The van der Waals surface area contributed by atoms with E-state index in [1.165, 1.54) is 18.4 Å². The van der Waals surface area contributed by atoms with E-state index in [1.54, 1.807) is 0 Å². The van der Waals surface area contributed by atoms with Crippen molar-refractivity contribution < 1.29 is 14.3 Å². The molecule has 0 radical (unpaired) electrons. The first-order chi connectivity index (χ1) is 8.20. The number of nitrogens with zero attached hydrogens (tertiary/aromatic N) is 1. The Bertz CT molecular complexity index is 399. The fourth-order valence-corrected chi connectivity index (χ4v) is 2.72. The van der Waals surface area contributed by atoms with Crippen molar-refractivity contribution >= 4 is 22.3 Å². The van der Waals surface area contributed by atoms with E-state index in [0.717, 1.165) is 37.3 Å². The minimum atomic E-state index is -0.470. The molecular weight excluding hydrogens is 240 g/mol. The number of ether oxygens (including phenoxy) is 2. The van der Waals surface area contributed by atoms with Gasteiger partial charge in [0.2, 0.25) is 0 Å². The summed E-state index contributed by atoms with van der Waals surface area (Å²) in [5, 5.41) is 1.30. The zero-order chi connectivity index (χ0) is 12.3. The highest BCUT2D eigenvalue weighted by molar-refractivity contribution is 7.15. The summed E-state index contributed by atoms with van der Waals surface area (Å²) in [6.07, 6.45) is 4.33. The predicted octanol–water partition coefficient (Wildman–Crippen LogP) is 1.62. The zero-order valence-corrected chi connectivity index (χ0v) is 10.6. The number of esters is 1. The van der Waals surface area contributed by atoms with E-state index < -0.39 is 5.97 Å². The number of thiazole rings is 1. The Balaban J connectivity index is 1.94. The van der Waals surface area contributed by atoms with Crippen LogP contribution >= 0.6 is 11.3 Å². The van der Waals surface area contributed by atoms with E-state index in [4.69, 9.17) is 10.5 Å². The van der Waals surface area contributed by atoms with Gasteiger partial charge in [0.25, 0.3) is 0 Å². The van der Waals surface area contributed by atoms with E-state index in [-0.39, 0.29) is 5.69 Å². The third-order valence-electron chi connectivity index (χ3n) is 2.78. The number of carbonyl (C=O) groups is 1.